The molecule has 1 fully saturated rings. The van der Waals surface area contributed by atoms with E-state index in [9.17, 15) is 4.39 Å². The van der Waals surface area contributed by atoms with Gasteiger partial charge in [0.05, 0.1) is 0 Å². The van der Waals surface area contributed by atoms with Crippen molar-refractivity contribution in [3.05, 3.63) is 29.8 Å². The van der Waals surface area contributed by atoms with Gasteiger partial charge in [0.15, 0.2) is 0 Å². The van der Waals surface area contributed by atoms with Crippen molar-refractivity contribution in [3.8, 4) is 0 Å². The molecule has 0 aromatic carbocycles. The lowest BCUT2D eigenvalue weighted by Crippen LogP contribution is -2.28. The van der Waals surface area contributed by atoms with Crippen LogP contribution in [0.1, 0.15) is 18.4 Å². The Labute approximate surface area is 83.6 Å². The van der Waals surface area contributed by atoms with Gasteiger partial charge in [0.25, 0.3) is 0 Å². The third-order valence-electron chi connectivity index (χ3n) is 2.80. The zero-order valence-corrected chi connectivity index (χ0v) is 8.17. The summed E-state index contributed by atoms with van der Waals surface area (Å²) in [7, 11) is 0. The molecule has 0 radical (unpaired) electrons. The number of aromatic nitrogens is 1. The van der Waals surface area contributed by atoms with E-state index in [-0.39, 0.29) is 5.95 Å². The first-order chi connectivity index (χ1) is 6.86. The Kier molecular flexibility index (Phi) is 3.09. The van der Waals surface area contributed by atoms with Gasteiger partial charge in [0.1, 0.15) is 0 Å². The van der Waals surface area contributed by atoms with Crippen LogP contribution in [0.2, 0.25) is 0 Å². The molecule has 2 rings (SSSR count). The highest BCUT2D eigenvalue weighted by atomic mass is 19.1. The summed E-state index contributed by atoms with van der Waals surface area (Å²) >= 11 is 0. The number of hydrogen-bond acceptors (Lipinski definition) is 2. The van der Waals surface area contributed by atoms with E-state index in [1.807, 2.05) is 6.07 Å². The lowest BCUT2D eigenvalue weighted by molar-refractivity contribution is 0.367. The number of pyridine rings is 1. The van der Waals surface area contributed by atoms with Gasteiger partial charge in [-0.15, -0.1) is 0 Å². The molecule has 3 heteroatoms. The van der Waals surface area contributed by atoms with Gasteiger partial charge in [-0.25, -0.2) is 4.98 Å². The molecular weight excluding hydrogens is 179 g/mol. The monoisotopic (exact) mass is 194 g/mol. The first kappa shape index (κ1) is 9.59. The largest absolute Gasteiger partial charge is 0.317 e. The number of halogens is 1. The summed E-state index contributed by atoms with van der Waals surface area (Å²) in [5.41, 5.74) is 0.763. The topological polar surface area (TPSA) is 24.9 Å². The Hall–Kier alpha value is -0.960. The second-order valence-corrected chi connectivity index (χ2v) is 3.85. The van der Waals surface area contributed by atoms with Crippen LogP contribution in [0.25, 0.3) is 0 Å². The van der Waals surface area contributed by atoms with Gasteiger partial charge < -0.3 is 5.32 Å². The van der Waals surface area contributed by atoms with Gasteiger partial charge in [0, 0.05) is 11.8 Å². The van der Waals surface area contributed by atoms with E-state index < -0.39 is 0 Å². The molecular formula is C11H15FN2. The molecule has 2 nitrogen and oxygen atoms in total. The highest BCUT2D eigenvalue weighted by molar-refractivity contribution is 5.11. The summed E-state index contributed by atoms with van der Waals surface area (Å²) in [5.74, 6) is 0.320. The van der Waals surface area contributed by atoms with Crippen molar-refractivity contribution in [1.82, 2.24) is 10.3 Å². The minimum atomic E-state index is -0.300. The summed E-state index contributed by atoms with van der Waals surface area (Å²) < 4.78 is 13.2. The third kappa shape index (κ3) is 2.29. The maximum absolute atomic E-state index is 13.2. The van der Waals surface area contributed by atoms with Crippen LogP contribution in [0.3, 0.4) is 0 Å². The van der Waals surface area contributed by atoms with Crippen molar-refractivity contribution in [2.45, 2.75) is 19.3 Å². The van der Waals surface area contributed by atoms with Gasteiger partial charge in [-0.05, 0) is 44.3 Å². The molecule has 14 heavy (non-hydrogen) atoms. The normalized spacial score (nSPS) is 18.4. The van der Waals surface area contributed by atoms with Gasteiger partial charge in [0.2, 0.25) is 5.95 Å². The molecule has 1 aromatic rings. The fourth-order valence-electron chi connectivity index (χ4n) is 1.97. The summed E-state index contributed by atoms with van der Waals surface area (Å²) in [4.78, 5) is 3.66. The van der Waals surface area contributed by atoms with Crippen molar-refractivity contribution < 1.29 is 4.39 Å². The van der Waals surface area contributed by atoms with Crippen LogP contribution in [0.5, 0.6) is 0 Å². The van der Waals surface area contributed by atoms with E-state index in [1.54, 1.807) is 6.07 Å². The van der Waals surface area contributed by atoms with E-state index in [0.717, 1.165) is 37.9 Å². The van der Waals surface area contributed by atoms with Crippen molar-refractivity contribution in [2.75, 3.05) is 13.1 Å². The Morgan fingerprint density at radius 3 is 2.93 bits per heavy atom. The van der Waals surface area contributed by atoms with Crippen molar-refractivity contribution >= 4 is 0 Å². The molecule has 1 aliphatic rings. The summed E-state index contributed by atoms with van der Waals surface area (Å²) in [6.07, 6.45) is 4.63. The summed E-state index contributed by atoms with van der Waals surface area (Å²) in [6, 6.07) is 3.64. The molecule has 1 saturated heterocycles. The zero-order chi connectivity index (χ0) is 9.80. The molecule has 1 aromatic heterocycles. The summed E-state index contributed by atoms with van der Waals surface area (Å²) in [6.45, 7) is 2.12. The van der Waals surface area contributed by atoms with E-state index >= 15 is 0 Å². The van der Waals surface area contributed by atoms with Crippen LogP contribution in [0.4, 0.5) is 4.39 Å². The molecule has 76 valence electrons. The first-order valence-corrected chi connectivity index (χ1v) is 5.16. The van der Waals surface area contributed by atoms with Gasteiger partial charge in [-0.3, -0.25) is 0 Å². The molecule has 0 aliphatic carbocycles. The molecule has 0 saturated carbocycles. The van der Waals surface area contributed by atoms with E-state index in [4.69, 9.17) is 0 Å². The van der Waals surface area contributed by atoms with Crippen molar-refractivity contribution in [1.29, 1.82) is 0 Å². The predicted octanol–water partition coefficient (Wildman–Crippen LogP) is 1.76. The number of rotatable bonds is 2. The standard InChI is InChI=1S/C11H15FN2/c12-11-10(2-1-5-14-11)8-9-3-6-13-7-4-9/h1-2,5,9,13H,3-4,6-8H2. The highest BCUT2D eigenvalue weighted by Crippen LogP contribution is 2.18. The quantitative estimate of drug-likeness (QED) is 0.726. The Bertz CT molecular complexity index is 295. The van der Waals surface area contributed by atoms with Gasteiger partial charge in [-0.1, -0.05) is 6.07 Å². The SMILES string of the molecule is Fc1ncccc1CC1CCNCC1. The number of hydrogen-bond donors (Lipinski definition) is 1. The molecule has 2 heterocycles. The lowest BCUT2D eigenvalue weighted by atomic mass is 9.91. The Balaban J connectivity index is 1.99. The molecule has 1 N–H and O–H groups in total. The minimum Gasteiger partial charge on any atom is -0.317 e. The third-order valence-corrected chi connectivity index (χ3v) is 2.80. The number of piperidine rings is 1. The van der Waals surface area contributed by atoms with Crippen LogP contribution < -0.4 is 5.32 Å². The molecule has 0 bridgehead atoms. The molecule has 0 amide bonds. The number of nitrogens with one attached hydrogen (secondary N) is 1. The van der Waals surface area contributed by atoms with Crippen LogP contribution in [-0.2, 0) is 6.42 Å². The van der Waals surface area contributed by atoms with Crippen LogP contribution in [0.15, 0.2) is 18.3 Å². The maximum Gasteiger partial charge on any atom is 0.216 e. The van der Waals surface area contributed by atoms with Gasteiger partial charge in [-0.2, -0.15) is 4.39 Å². The van der Waals surface area contributed by atoms with Crippen LogP contribution >= 0.6 is 0 Å². The fraction of sp³-hybridized carbons (Fsp3) is 0.545. The molecule has 0 unspecified atom stereocenters. The predicted molar refractivity (Wildman–Crippen MR) is 53.5 cm³/mol. The van der Waals surface area contributed by atoms with Crippen LogP contribution in [-0.4, -0.2) is 18.1 Å². The van der Waals surface area contributed by atoms with E-state index in [2.05, 4.69) is 10.3 Å². The Morgan fingerprint density at radius 2 is 2.21 bits per heavy atom. The number of nitrogens with zero attached hydrogens (tertiary/aromatic N) is 1. The van der Waals surface area contributed by atoms with Crippen LogP contribution in [0, 0.1) is 11.9 Å². The molecule has 0 atom stereocenters. The highest BCUT2D eigenvalue weighted by Gasteiger charge is 2.15. The minimum absolute atomic E-state index is 0.300. The fourth-order valence-corrected chi connectivity index (χ4v) is 1.97. The maximum atomic E-state index is 13.2. The molecule has 1 aliphatic heterocycles. The molecule has 0 spiro atoms. The average molecular weight is 194 g/mol. The van der Waals surface area contributed by atoms with E-state index in [0.29, 0.717) is 5.92 Å². The van der Waals surface area contributed by atoms with Crippen molar-refractivity contribution in [2.24, 2.45) is 5.92 Å². The first-order valence-electron chi connectivity index (χ1n) is 5.16. The van der Waals surface area contributed by atoms with Gasteiger partial charge >= 0.3 is 0 Å². The lowest BCUT2D eigenvalue weighted by Gasteiger charge is -2.22. The average Bonchev–Trinajstić information content (AvgIpc) is 2.23. The smallest absolute Gasteiger partial charge is 0.216 e. The second kappa shape index (κ2) is 4.51. The summed E-state index contributed by atoms with van der Waals surface area (Å²) in [5, 5.41) is 3.31. The van der Waals surface area contributed by atoms with Crippen molar-refractivity contribution in [3.63, 3.8) is 0 Å². The Morgan fingerprint density at radius 1 is 1.43 bits per heavy atom. The second-order valence-electron chi connectivity index (χ2n) is 3.85. The zero-order valence-electron chi connectivity index (χ0n) is 8.17. The van der Waals surface area contributed by atoms with E-state index in [1.165, 1.54) is 6.20 Å².